The number of hydrogen-bond donors (Lipinski definition) is 1. The maximum Gasteiger partial charge on any atom is 0.0645 e. The maximum atomic E-state index is 9.33. The summed E-state index contributed by atoms with van der Waals surface area (Å²) in [5.41, 5.74) is 3.35. The largest absolute Gasteiger partial charge is 0.393 e. The first-order valence-electron chi connectivity index (χ1n) is 7.03. The molecule has 0 radical (unpaired) electrons. The van der Waals surface area contributed by atoms with Gasteiger partial charge in [0, 0.05) is 24.8 Å². The highest BCUT2D eigenvalue weighted by atomic mass is 16.3. The fourth-order valence-corrected chi connectivity index (χ4v) is 2.14. The van der Waals surface area contributed by atoms with Crippen molar-refractivity contribution in [3.05, 3.63) is 47.8 Å². The summed E-state index contributed by atoms with van der Waals surface area (Å²) >= 11 is 0. The Balaban J connectivity index is 2.05. The highest BCUT2D eigenvalue weighted by Gasteiger charge is 2.09. The van der Waals surface area contributed by atoms with Crippen LogP contribution in [0.5, 0.6) is 0 Å². The molecule has 20 heavy (non-hydrogen) atoms. The fourth-order valence-electron chi connectivity index (χ4n) is 2.14. The highest BCUT2D eigenvalue weighted by Crippen LogP contribution is 2.13. The smallest absolute Gasteiger partial charge is 0.0645 e. The number of aliphatic hydroxyl groups excluding tert-OH is 1. The van der Waals surface area contributed by atoms with Crippen LogP contribution in [0, 0.1) is 6.92 Å². The number of aromatic nitrogens is 2. The molecule has 4 nitrogen and oxygen atoms in total. The molecule has 0 amide bonds. The van der Waals surface area contributed by atoms with Gasteiger partial charge in [-0.2, -0.15) is 5.10 Å². The zero-order valence-corrected chi connectivity index (χ0v) is 12.5. The van der Waals surface area contributed by atoms with Gasteiger partial charge in [-0.3, -0.25) is 0 Å². The molecular formula is C16H23N3O. The lowest BCUT2D eigenvalue weighted by atomic mass is 10.2. The molecule has 4 heteroatoms. The molecule has 1 N–H and O–H groups in total. The molecule has 0 aliphatic heterocycles. The van der Waals surface area contributed by atoms with Crippen molar-refractivity contribution in [3.63, 3.8) is 0 Å². The first kappa shape index (κ1) is 14.8. The SMILES string of the molecule is Cc1nn(-c2ccccc2)cc1CN(C)CCC(C)O. The van der Waals surface area contributed by atoms with Crippen molar-refractivity contribution in [2.24, 2.45) is 0 Å². The average molecular weight is 273 g/mol. The Bertz CT molecular complexity index is 534. The van der Waals surface area contributed by atoms with E-state index < -0.39 is 0 Å². The number of aryl methyl sites for hydroxylation is 1. The third kappa shape index (κ3) is 3.92. The Morgan fingerprint density at radius 3 is 2.65 bits per heavy atom. The van der Waals surface area contributed by atoms with Gasteiger partial charge in [0.25, 0.3) is 0 Å². The summed E-state index contributed by atoms with van der Waals surface area (Å²) in [6.45, 7) is 5.60. The summed E-state index contributed by atoms with van der Waals surface area (Å²) in [7, 11) is 2.07. The standard InChI is InChI=1S/C16H23N3O/c1-13(20)9-10-18(3)11-15-12-19(17-14(15)2)16-7-5-4-6-8-16/h4-8,12-13,20H,9-11H2,1-3H3. The molecule has 0 fully saturated rings. The Morgan fingerprint density at radius 2 is 2.00 bits per heavy atom. The second-order valence-electron chi connectivity index (χ2n) is 5.40. The van der Waals surface area contributed by atoms with Gasteiger partial charge in [-0.05, 0) is 39.4 Å². The van der Waals surface area contributed by atoms with E-state index in [-0.39, 0.29) is 6.10 Å². The molecule has 0 aliphatic carbocycles. The van der Waals surface area contributed by atoms with Crippen LogP contribution in [0.25, 0.3) is 5.69 Å². The van der Waals surface area contributed by atoms with Gasteiger partial charge in [0.15, 0.2) is 0 Å². The molecule has 1 heterocycles. The number of hydrogen-bond acceptors (Lipinski definition) is 3. The van der Waals surface area contributed by atoms with E-state index in [1.807, 2.05) is 48.9 Å². The number of para-hydroxylation sites is 1. The van der Waals surface area contributed by atoms with Crippen LogP contribution in [0.15, 0.2) is 36.5 Å². The molecule has 1 unspecified atom stereocenters. The number of benzene rings is 1. The Hall–Kier alpha value is -1.65. The zero-order valence-electron chi connectivity index (χ0n) is 12.5. The Labute approximate surface area is 120 Å². The number of rotatable bonds is 6. The number of nitrogens with zero attached hydrogens (tertiary/aromatic N) is 3. The molecule has 1 atom stereocenters. The monoisotopic (exact) mass is 273 g/mol. The van der Waals surface area contributed by atoms with Crippen molar-refractivity contribution in [1.82, 2.24) is 14.7 Å². The predicted molar refractivity (Wildman–Crippen MR) is 80.9 cm³/mol. The first-order chi connectivity index (χ1) is 9.56. The molecule has 1 aromatic carbocycles. The Morgan fingerprint density at radius 1 is 1.30 bits per heavy atom. The topological polar surface area (TPSA) is 41.3 Å². The second-order valence-corrected chi connectivity index (χ2v) is 5.40. The van der Waals surface area contributed by atoms with E-state index in [9.17, 15) is 5.11 Å². The maximum absolute atomic E-state index is 9.33. The lowest BCUT2D eigenvalue weighted by molar-refractivity contribution is 0.163. The van der Waals surface area contributed by atoms with Crippen LogP contribution >= 0.6 is 0 Å². The highest BCUT2D eigenvalue weighted by molar-refractivity contribution is 5.32. The van der Waals surface area contributed by atoms with Crippen LogP contribution in [0.3, 0.4) is 0 Å². The molecule has 2 aromatic rings. The van der Waals surface area contributed by atoms with E-state index in [1.165, 1.54) is 5.56 Å². The van der Waals surface area contributed by atoms with E-state index >= 15 is 0 Å². The van der Waals surface area contributed by atoms with Crippen LogP contribution in [0.4, 0.5) is 0 Å². The van der Waals surface area contributed by atoms with E-state index in [0.29, 0.717) is 0 Å². The quantitative estimate of drug-likeness (QED) is 0.878. The molecule has 0 saturated carbocycles. The van der Waals surface area contributed by atoms with Crippen molar-refractivity contribution < 1.29 is 5.11 Å². The minimum atomic E-state index is -0.245. The summed E-state index contributed by atoms with van der Waals surface area (Å²) in [5, 5.41) is 13.9. The molecular weight excluding hydrogens is 250 g/mol. The normalized spacial score (nSPS) is 12.8. The predicted octanol–water partition coefficient (Wildman–Crippen LogP) is 2.38. The third-order valence-electron chi connectivity index (χ3n) is 3.39. The minimum absolute atomic E-state index is 0.245. The summed E-state index contributed by atoms with van der Waals surface area (Å²) in [4.78, 5) is 2.21. The third-order valence-corrected chi connectivity index (χ3v) is 3.39. The minimum Gasteiger partial charge on any atom is -0.393 e. The van der Waals surface area contributed by atoms with Gasteiger partial charge in [-0.1, -0.05) is 18.2 Å². The van der Waals surface area contributed by atoms with Gasteiger partial charge in [-0.15, -0.1) is 0 Å². The molecule has 0 bridgehead atoms. The summed E-state index contributed by atoms with van der Waals surface area (Å²) < 4.78 is 1.92. The van der Waals surface area contributed by atoms with E-state index in [0.717, 1.165) is 30.9 Å². The number of aliphatic hydroxyl groups is 1. The van der Waals surface area contributed by atoms with Gasteiger partial charge < -0.3 is 10.0 Å². The van der Waals surface area contributed by atoms with Gasteiger partial charge >= 0.3 is 0 Å². The average Bonchev–Trinajstić information content (AvgIpc) is 2.79. The van der Waals surface area contributed by atoms with Crippen LogP contribution in [0.1, 0.15) is 24.6 Å². The van der Waals surface area contributed by atoms with Gasteiger partial charge in [0.1, 0.15) is 0 Å². The van der Waals surface area contributed by atoms with Crippen molar-refractivity contribution >= 4 is 0 Å². The van der Waals surface area contributed by atoms with E-state index in [4.69, 9.17) is 0 Å². The van der Waals surface area contributed by atoms with Gasteiger partial charge in [0.05, 0.1) is 17.5 Å². The van der Waals surface area contributed by atoms with Crippen molar-refractivity contribution in [1.29, 1.82) is 0 Å². The summed E-state index contributed by atoms with van der Waals surface area (Å²) in [6, 6.07) is 10.1. The molecule has 108 valence electrons. The first-order valence-corrected chi connectivity index (χ1v) is 7.03. The van der Waals surface area contributed by atoms with Crippen LogP contribution in [-0.2, 0) is 6.54 Å². The van der Waals surface area contributed by atoms with Gasteiger partial charge in [-0.25, -0.2) is 4.68 Å². The van der Waals surface area contributed by atoms with Crippen LogP contribution in [0.2, 0.25) is 0 Å². The fraction of sp³-hybridized carbons (Fsp3) is 0.438. The van der Waals surface area contributed by atoms with E-state index in [1.54, 1.807) is 0 Å². The molecule has 0 saturated heterocycles. The lowest BCUT2D eigenvalue weighted by Crippen LogP contribution is -2.22. The van der Waals surface area contributed by atoms with Crippen LogP contribution < -0.4 is 0 Å². The van der Waals surface area contributed by atoms with Crippen molar-refractivity contribution in [2.45, 2.75) is 32.9 Å². The summed E-state index contributed by atoms with van der Waals surface area (Å²) in [6.07, 6.45) is 2.64. The molecule has 0 aliphatic rings. The van der Waals surface area contributed by atoms with Crippen molar-refractivity contribution in [2.75, 3.05) is 13.6 Å². The molecule has 1 aromatic heterocycles. The molecule has 0 spiro atoms. The Kier molecular flexibility index (Phi) is 4.93. The zero-order chi connectivity index (χ0) is 14.5. The second kappa shape index (κ2) is 6.68. The van der Waals surface area contributed by atoms with Crippen molar-refractivity contribution in [3.8, 4) is 5.69 Å². The van der Waals surface area contributed by atoms with Crippen LogP contribution in [-0.4, -0.2) is 39.5 Å². The summed E-state index contributed by atoms with van der Waals surface area (Å²) in [5.74, 6) is 0. The van der Waals surface area contributed by atoms with E-state index in [2.05, 4.69) is 23.2 Å². The lowest BCUT2D eigenvalue weighted by Gasteiger charge is -2.16. The molecule has 2 rings (SSSR count). The van der Waals surface area contributed by atoms with Gasteiger partial charge in [0.2, 0.25) is 0 Å².